The number of fused-ring (bicyclic) bond motifs is 3. The van der Waals surface area contributed by atoms with E-state index in [1.807, 2.05) is 19.2 Å². The summed E-state index contributed by atoms with van der Waals surface area (Å²) >= 11 is 0. The topological polar surface area (TPSA) is 68.1 Å². The number of hydrogen-bond donors (Lipinski definition) is 1. The Labute approximate surface area is 134 Å². The number of nitrogens with zero attached hydrogens (tertiary/aromatic N) is 2. The molecule has 0 fully saturated rings. The van der Waals surface area contributed by atoms with Gasteiger partial charge in [-0.15, -0.1) is 0 Å². The van der Waals surface area contributed by atoms with Crippen LogP contribution in [-0.2, 0) is 0 Å². The maximum absolute atomic E-state index is 11.2. The number of nitrogens with one attached hydrogen (secondary N) is 1. The van der Waals surface area contributed by atoms with Gasteiger partial charge < -0.3 is 5.32 Å². The summed E-state index contributed by atoms with van der Waals surface area (Å²) in [5.41, 5.74) is 4.31. The normalized spacial score (nSPS) is 24.7. The van der Waals surface area contributed by atoms with Gasteiger partial charge in [-0.2, -0.15) is 0 Å². The lowest BCUT2D eigenvalue weighted by Crippen LogP contribution is -2.29. The second kappa shape index (κ2) is 5.19. The molecule has 1 aromatic carbocycles. The number of nitro groups is 1. The SMILES string of the molecule is Cc1cc([N+](=O)[O-])cc2c1N[C@@H](c1cccnc1)[C@@H]1CC=C[C@H]21. The Bertz CT molecular complexity index is 801. The predicted octanol–water partition coefficient (Wildman–Crippen LogP) is 4.12. The first-order valence-corrected chi connectivity index (χ1v) is 7.77. The van der Waals surface area contributed by atoms with Crippen LogP contribution in [0.4, 0.5) is 11.4 Å². The van der Waals surface area contributed by atoms with Crippen LogP contribution >= 0.6 is 0 Å². The first-order valence-electron chi connectivity index (χ1n) is 7.77. The maximum atomic E-state index is 11.2. The number of aromatic nitrogens is 1. The van der Waals surface area contributed by atoms with Crippen molar-refractivity contribution in [1.82, 2.24) is 4.98 Å². The van der Waals surface area contributed by atoms with E-state index in [4.69, 9.17) is 0 Å². The Balaban J connectivity index is 1.84. The second-order valence-electron chi connectivity index (χ2n) is 6.25. The first kappa shape index (κ1) is 13.9. The van der Waals surface area contributed by atoms with Crippen LogP contribution in [0.1, 0.15) is 35.1 Å². The summed E-state index contributed by atoms with van der Waals surface area (Å²) in [4.78, 5) is 15.1. The van der Waals surface area contributed by atoms with Gasteiger partial charge in [-0.1, -0.05) is 18.2 Å². The Morgan fingerprint density at radius 3 is 3.00 bits per heavy atom. The smallest absolute Gasteiger partial charge is 0.270 e. The molecule has 0 amide bonds. The van der Waals surface area contributed by atoms with Crippen molar-refractivity contribution in [2.75, 3.05) is 5.32 Å². The van der Waals surface area contributed by atoms with Gasteiger partial charge in [-0.25, -0.2) is 0 Å². The average molecular weight is 307 g/mol. The third-order valence-electron chi connectivity index (χ3n) is 4.91. The van der Waals surface area contributed by atoms with Crippen molar-refractivity contribution in [1.29, 1.82) is 0 Å². The molecule has 1 N–H and O–H groups in total. The molecule has 3 atom stereocenters. The molecule has 0 unspecified atom stereocenters. The standard InChI is InChI=1S/C18H17N3O2/c1-11-8-13(21(22)23)9-16-14-5-2-6-15(14)18(20-17(11)16)12-4-3-7-19-10-12/h2-5,7-10,14-15,18,20H,6H2,1H3/t14-,15+,18-/m0/s1. The zero-order chi connectivity index (χ0) is 16.0. The molecule has 0 radical (unpaired) electrons. The molecule has 2 aromatic rings. The lowest BCUT2D eigenvalue weighted by molar-refractivity contribution is -0.385. The zero-order valence-electron chi connectivity index (χ0n) is 12.8. The van der Waals surface area contributed by atoms with Gasteiger partial charge >= 0.3 is 0 Å². The van der Waals surface area contributed by atoms with Crippen LogP contribution in [0.15, 0.2) is 48.8 Å². The van der Waals surface area contributed by atoms with E-state index in [-0.39, 0.29) is 22.6 Å². The van der Waals surface area contributed by atoms with Crippen LogP contribution in [0, 0.1) is 23.0 Å². The van der Waals surface area contributed by atoms with Gasteiger partial charge in [-0.05, 0) is 42.0 Å². The summed E-state index contributed by atoms with van der Waals surface area (Å²) in [6.07, 6.45) is 9.02. The molecule has 4 rings (SSSR count). The van der Waals surface area contributed by atoms with Crippen molar-refractivity contribution in [3.8, 4) is 0 Å². The highest BCUT2D eigenvalue weighted by atomic mass is 16.6. The van der Waals surface area contributed by atoms with E-state index in [1.54, 1.807) is 18.3 Å². The summed E-state index contributed by atoms with van der Waals surface area (Å²) in [5, 5.41) is 14.8. The summed E-state index contributed by atoms with van der Waals surface area (Å²) in [6, 6.07) is 7.59. The highest BCUT2D eigenvalue weighted by Gasteiger charge is 2.39. The summed E-state index contributed by atoms with van der Waals surface area (Å²) in [5.74, 6) is 0.586. The molecule has 2 heterocycles. The number of anilines is 1. The fraction of sp³-hybridized carbons (Fsp3) is 0.278. The van der Waals surface area contributed by atoms with Crippen LogP contribution in [0.3, 0.4) is 0 Å². The molecule has 1 aliphatic carbocycles. The van der Waals surface area contributed by atoms with E-state index in [0.717, 1.165) is 28.8 Å². The first-order chi connectivity index (χ1) is 11.1. The van der Waals surface area contributed by atoms with Crippen LogP contribution in [0.5, 0.6) is 0 Å². The van der Waals surface area contributed by atoms with Crippen LogP contribution in [0.2, 0.25) is 0 Å². The molecule has 0 spiro atoms. The molecule has 23 heavy (non-hydrogen) atoms. The van der Waals surface area contributed by atoms with Gasteiger partial charge in [0.25, 0.3) is 5.69 Å². The number of allylic oxidation sites excluding steroid dienone is 2. The Kier molecular flexibility index (Phi) is 3.15. The molecule has 1 aromatic heterocycles. The number of hydrogen-bond acceptors (Lipinski definition) is 4. The van der Waals surface area contributed by atoms with E-state index >= 15 is 0 Å². The van der Waals surface area contributed by atoms with Crippen molar-refractivity contribution in [3.63, 3.8) is 0 Å². The Morgan fingerprint density at radius 1 is 1.39 bits per heavy atom. The van der Waals surface area contributed by atoms with Crippen LogP contribution < -0.4 is 5.32 Å². The van der Waals surface area contributed by atoms with E-state index in [1.165, 1.54) is 0 Å². The van der Waals surface area contributed by atoms with Crippen molar-refractivity contribution < 1.29 is 4.92 Å². The van der Waals surface area contributed by atoms with Crippen molar-refractivity contribution >= 4 is 11.4 Å². The molecule has 0 saturated heterocycles. The van der Waals surface area contributed by atoms with Crippen molar-refractivity contribution in [2.24, 2.45) is 5.92 Å². The third-order valence-corrected chi connectivity index (χ3v) is 4.91. The van der Waals surface area contributed by atoms with Crippen LogP contribution in [-0.4, -0.2) is 9.91 Å². The van der Waals surface area contributed by atoms with E-state index in [0.29, 0.717) is 5.92 Å². The molecular formula is C18H17N3O2. The van der Waals surface area contributed by atoms with Gasteiger partial charge in [0, 0.05) is 36.1 Å². The van der Waals surface area contributed by atoms with Gasteiger partial charge in [0.05, 0.1) is 11.0 Å². The minimum atomic E-state index is -0.311. The van der Waals surface area contributed by atoms with Crippen molar-refractivity contribution in [2.45, 2.75) is 25.3 Å². The second-order valence-corrected chi connectivity index (χ2v) is 6.25. The predicted molar refractivity (Wildman–Crippen MR) is 88.4 cm³/mol. The highest BCUT2D eigenvalue weighted by molar-refractivity contribution is 5.67. The maximum Gasteiger partial charge on any atom is 0.270 e. The zero-order valence-corrected chi connectivity index (χ0v) is 12.8. The van der Waals surface area contributed by atoms with Gasteiger partial charge in [0.1, 0.15) is 0 Å². The molecule has 5 nitrogen and oxygen atoms in total. The lowest BCUT2D eigenvalue weighted by atomic mass is 9.76. The number of benzene rings is 1. The quantitative estimate of drug-likeness (QED) is 0.514. The molecule has 1 aliphatic heterocycles. The van der Waals surface area contributed by atoms with Gasteiger partial charge in [0.2, 0.25) is 0 Å². The molecule has 0 saturated carbocycles. The van der Waals surface area contributed by atoms with E-state index < -0.39 is 0 Å². The van der Waals surface area contributed by atoms with Crippen LogP contribution in [0.25, 0.3) is 0 Å². The van der Waals surface area contributed by atoms with E-state index in [9.17, 15) is 10.1 Å². The Morgan fingerprint density at radius 2 is 2.26 bits per heavy atom. The minimum Gasteiger partial charge on any atom is -0.377 e. The summed E-state index contributed by atoms with van der Waals surface area (Å²) in [6.45, 7) is 1.93. The number of rotatable bonds is 2. The lowest BCUT2D eigenvalue weighted by Gasteiger charge is -2.38. The number of pyridine rings is 1. The largest absolute Gasteiger partial charge is 0.377 e. The minimum absolute atomic E-state index is 0.168. The van der Waals surface area contributed by atoms with E-state index in [2.05, 4.69) is 28.5 Å². The number of aryl methyl sites for hydroxylation is 1. The Hall–Kier alpha value is -2.69. The fourth-order valence-corrected chi connectivity index (χ4v) is 3.86. The van der Waals surface area contributed by atoms with Gasteiger partial charge in [-0.3, -0.25) is 15.1 Å². The van der Waals surface area contributed by atoms with Crippen molar-refractivity contribution in [3.05, 3.63) is 75.6 Å². The molecule has 2 aliphatic rings. The monoisotopic (exact) mass is 307 g/mol. The molecule has 5 heteroatoms. The summed E-state index contributed by atoms with van der Waals surface area (Å²) < 4.78 is 0. The highest BCUT2D eigenvalue weighted by Crippen LogP contribution is 2.51. The fourth-order valence-electron chi connectivity index (χ4n) is 3.86. The summed E-state index contributed by atoms with van der Waals surface area (Å²) in [7, 11) is 0. The molecule has 116 valence electrons. The average Bonchev–Trinajstić information content (AvgIpc) is 3.04. The molecule has 0 bridgehead atoms. The van der Waals surface area contributed by atoms with Gasteiger partial charge in [0.15, 0.2) is 0 Å². The third kappa shape index (κ3) is 2.20. The molecular weight excluding hydrogens is 290 g/mol. The number of nitro benzene ring substituents is 1. The number of non-ortho nitro benzene ring substituents is 1.